The van der Waals surface area contributed by atoms with Crippen LogP contribution in [0, 0.1) is 0 Å². The van der Waals surface area contributed by atoms with Crippen molar-refractivity contribution >= 4 is 33.4 Å². The Kier molecular flexibility index (Phi) is 11.7. The summed E-state index contributed by atoms with van der Waals surface area (Å²) < 4.78 is 32.8. The van der Waals surface area contributed by atoms with E-state index in [1.165, 1.54) is 4.31 Å². The van der Waals surface area contributed by atoms with Crippen LogP contribution < -0.4 is 10.1 Å². The Bertz CT molecular complexity index is 1730. The van der Waals surface area contributed by atoms with Crippen molar-refractivity contribution in [3.63, 3.8) is 0 Å². The van der Waals surface area contributed by atoms with Gasteiger partial charge in [-0.2, -0.15) is 4.31 Å². The molecule has 1 saturated heterocycles. The number of ether oxygens (including phenoxy) is 1. The largest absolute Gasteiger partial charge is 0.497 e. The van der Waals surface area contributed by atoms with Crippen molar-refractivity contribution in [2.45, 2.75) is 56.1 Å². The zero-order valence-corrected chi connectivity index (χ0v) is 28.1. The number of amides is 2. The van der Waals surface area contributed by atoms with Crippen LogP contribution in [0.5, 0.6) is 5.75 Å². The minimum Gasteiger partial charge on any atom is -0.497 e. The van der Waals surface area contributed by atoms with Gasteiger partial charge in [-0.1, -0.05) is 78.3 Å². The molecule has 1 aliphatic heterocycles. The number of hydrogen-bond acceptors (Lipinski definition) is 5. The van der Waals surface area contributed by atoms with Gasteiger partial charge in [0, 0.05) is 44.0 Å². The smallest absolute Gasteiger partial charge is 0.243 e. The molecule has 0 unspecified atom stereocenters. The highest BCUT2D eigenvalue weighted by molar-refractivity contribution is 7.89. The molecule has 5 rings (SSSR count). The molecule has 10 heteroatoms. The normalized spacial score (nSPS) is 14.0. The van der Waals surface area contributed by atoms with E-state index >= 15 is 0 Å². The fraction of sp³-hybridized carbons (Fsp3) is 0.297. The maximum atomic E-state index is 14.1. The number of nitrogens with zero attached hydrogens (tertiary/aromatic N) is 2. The van der Waals surface area contributed by atoms with E-state index in [9.17, 15) is 18.0 Å². The quantitative estimate of drug-likeness (QED) is 0.177. The zero-order chi connectivity index (χ0) is 33.2. The summed E-state index contributed by atoms with van der Waals surface area (Å²) in [5.74, 6) is 0.252. The first-order chi connectivity index (χ1) is 22.7. The van der Waals surface area contributed by atoms with E-state index in [4.69, 9.17) is 16.3 Å². The van der Waals surface area contributed by atoms with Gasteiger partial charge >= 0.3 is 0 Å². The Labute approximate surface area is 282 Å². The van der Waals surface area contributed by atoms with Crippen LogP contribution in [0.3, 0.4) is 0 Å². The van der Waals surface area contributed by atoms with Gasteiger partial charge in [-0.25, -0.2) is 8.42 Å². The summed E-state index contributed by atoms with van der Waals surface area (Å²) in [5.41, 5.74) is 3.53. The molecule has 0 aliphatic carbocycles. The lowest BCUT2D eigenvalue weighted by Gasteiger charge is -2.32. The highest BCUT2D eigenvalue weighted by Crippen LogP contribution is 2.23. The molecule has 47 heavy (non-hydrogen) atoms. The average Bonchev–Trinajstić information content (AvgIpc) is 3.66. The monoisotopic (exact) mass is 673 g/mol. The molecule has 8 nitrogen and oxygen atoms in total. The van der Waals surface area contributed by atoms with E-state index in [0.717, 1.165) is 35.1 Å². The van der Waals surface area contributed by atoms with Crippen LogP contribution in [0.4, 0.5) is 0 Å². The zero-order valence-electron chi connectivity index (χ0n) is 26.5. The van der Waals surface area contributed by atoms with Gasteiger partial charge in [0.25, 0.3) is 0 Å². The summed E-state index contributed by atoms with van der Waals surface area (Å²) in [6.45, 7) is 1.60. The highest BCUT2D eigenvalue weighted by Gasteiger charge is 2.31. The lowest BCUT2D eigenvalue weighted by atomic mass is 10.0. The molecule has 1 atom stereocenters. The van der Waals surface area contributed by atoms with Gasteiger partial charge in [0.05, 0.1) is 12.0 Å². The number of aryl methyl sites for hydroxylation is 1. The third-order valence-electron chi connectivity index (χ3n) is 8.42. The number of carbonyl (C=O) groups is 2. The number of rotatable bonds is 14. The minimum atomic E-state index is -3.52. The van der Waals surface area contributed by atoms with Gasteiger partial charge < -0.3 is 15.0 Å². The van der Waals surface area contributed by atoms with E-state index in [1.54, 1.807) is 48.4 Å². The Balaban J connectivity index is 1.37. The number of nitrogens with one attached hydrogen (secondary N) is 1. The van der Waals surface area contributed by atoms with Crippen molar-refractivity contribution in [3.05, 3.63) is 130 Å². The van der Waals surface area contributed by atoms with Crippen molar-refractivity contribution in [1.29, 1.82) is 0 Å². The summed E-state index contributed by atoms with van der Waals surface area (Å²) in [6, 6.07) is 30.4. The van der Waals surface area contributed by atoms with Gasteiger partial charge in [0.15, 0.2) is 0 Å². The third kappa shape index (κ3) is 9.22. The van der Waals surface area contributed by atoms with E-state index in [2.05, 4.69) is 5.32 Å². The molecule has 4 aromatic rings. The van der Waals surface area contributed by atoms with Crippen molar-refractivity contribution in [3.8, 4) is 5.75 Å². The maximum absolute atomic E-state index is 14.1. The average molecular weight is 674 g/mol. The fourth-order valence-electron chi connectivity index (χ4n) is 5.69. The first-order valence-corrected chi connectivity index (χ1v) is 17.6. The first kappa shape index (κ1) is 34.2. The lowest BCUT2D eigenvalue weighted by Crippen LogP contribution is -2.50. The fourth-order valence-corrected chi connectivity index (χ4v) is 7.33. The van der Waals surface area contributed by atoms with E-state index < -0.39 is 16.1 Å². The molecule has 1 heterocycles. The molecule has 0 spiro atoms. The number of carbonyl (C=O) groups excluding carboxylic acids is 2. The van der Waals surface area contributed by atoms with Gasteiger partial charge in [0.2, 0.25) is 21.8 Å². The minimum absolute atomic E-state index is 0.143. The van der Waals surface area contributed by atoms with Crippen LogP contribution in [0.1, 0.15) is 41.5 Å². The van der Waals surface area contributed by atoms with Gasteiger partial charge in [0.1, 0.15) is 11.8 Å². The van der Waals surface area contributed by atoms with Crippen LogP contribution in [-0.4, -0.2) is 55.7 Å². The summed E-state index contributed by atoms with van der Waals surface area (Å²) in [5, 5.41) is 3.65. The van der Waals surface area contributed by atoms with Gasteiger partial charge in [-0.15, -0.1) is 0 Å². The van der Waals surface area contributed by atoms with Crippen molar-refractivity contribution in [2.75, 3.05) is 20.2 Å². The maximum Gasteiger partial charge on any atom is 0.243 e. The number of hydrogen-bond donors (Lipinski definition) is 1. The topological polar surface area (TPSA) is 96.0 Å². The van der Waals surface area contributed by atoms with Crippen molar-refractivity contribution in [2.24, 2.45) is 0 Å². The van der Waals surface area contributed by atoms with E-state index in [-0.39, 0.29) is 29.7 Å². The van der Waals surface area contributed by atoms with Gasteiger partial charge in [-0.05, 0) is 77.9 Å². The summed E-state index contributed by atoms with van der Waals surface area (Å²) in [6.07, 6.45) is 2.61. The molecule has 2 amide bonds. The van der Waals surface area contributed by atoms with Gasteiger partial charge in [-0.3, -0.25) is 9.59 Å². The van der Waals surface area contributed by atoms with Crippen LogP contribution >= 0.6 is 11.6 Å². The Morgan fingerprint density at radius 2 is 1.45 bits per heavy atom. The lowest BCUT2D eigenvalue weighted by molar-refractivity contribution is -0.141. The molecule has 1 fully saturated rings. The molecular weight excluding hydrogens is 634 g/mol. The van der Waals surface area contributed by atoms with Crippen LogP contribution in [-0.2, 0) is 45.5 Å². The summed E-state index contributed by atoms with van der Waals surface area (Å²) in [7, 11) is -1.92. The van der Waals surface area contributed by atoms with Crippen molar-refractivity contribution < 1.29 is 22.7 Å². The van der Waals surface area contributed by atoms with Crippen LogP contribution in [0.15, 0.2) is 108 Å². The van der Waals surface area contributed by atoms with E-state index in [0.29, 0.717) is 43.2 Å². The second-order valence-corrected chi connectivity index (χ2v) is 14.0. The summed E-state index contributed by atoms with van der Waals surface area (Å²) in [4.78, 5) is 29.9. The Hall–Kier alpha value is -4.18. The predicted octanol–water partition coefficient (Wildman–Crippen LogP) is 6.02. The molecule has 1 N–H and O–H groups in total. The molecule has 0 bridgehead atoms. The van der Waals surface area contributed by atoms with Crippen molar-refractivity contribution in [1.82, 2.24) is 14.5 Å². The Morgan fingerprint density at radius 3 is 2.09 bits per heavy atom. The van der Waals surface area contributed by atoms with E-state index in [1.807, 2.05) is 66.7 Å². The molecule has 0 radical (unpaired) electrons. The predicted molar refractivity (Wildman–Crippen MR) is 184 cm³/mol. The number of halogens is 1. The molecule has 1 aliphatic rings. The van der Waals surface area contributed by atoms with Crippen LogP contribution in [0.25, 0.3) is 0 Å². The third-order valence-corrected chi connectivity index (χ3v) is 10.6. The molecule has 0 aromatic heterocycles. The highest BCUT2D eigenvalue weighted by atomic mass is 35.5. The second kappa shape index (κ2) is 16.1. The number of sulfonamides is 1. The SMILES string of the molecule is COc1ccc(CN(C(=O)CCc2ccc(S(=O)(=O)N3CCCC3)cc2)[C@H](Cc2ccccc2)C(=O)NCc2ccc(Cl)cc2)cc1. The molecular formula is C37H40ClN3O5S. The Morgan fingerprint density at radius 1 is 0.830 bits per heavy atom. The standard InChI is InChI=1S/C37H40ClN3O5S/c1-46-33-18-11-31(12-19-33)27-41(36(42)22-15-28-13-20-34(21-14-28)47(44,45)40-23-5-6-24-40)35(25-29-7-3-2-4-8-29)37(43)39-26-30-9-16-32(38)17-10-30/h2-4,7-14,16-21,35H,5-6,15,22-27H2,1H3,(H,39,43)/t35-/m1/s1. The molecule has 0 saturated carbocycles. The number of methoxy groups -OCH3 is 1. The molecule has 246 valence electrons. The second-order valence-electron chi connectivity index (χ2n) is 11.7. The summed E-state index contributed by atoms with van der Waals surface area (Å²) >= 11 is 6.05. The first-order valence-electron chi connectivity index (χ1n) is 15.8. The number of benzene rings is 4. The molecule has 4 aromatic carbocycles. The van der Waals surface area contributed by atoms with Crippen LogP contribution in [0.2, 0.25) is 5.02 Å².